The molecule has 0 aromatic carbocycles. The van der Waals surface area contributed by atoms with Gasteiger partial charge in [-0.1, -0.05) is 13.8 Å². The molecule has 0 saturated carbocycles. The van der Waals surface area contributed by atoms with Gasteiger partial charge in [-0.25, -0.2) is 4.79 Å². The smallest absolute Gasteiger partial charge is 0.326 e. The number of nitrogens with one attached hydrogen (secondary N) is 1. The van der Waals surface area contributed by atoms with E-state index in [4.69, 9.17) is 5.11 Å². The normalized spacial score (nSPS) is 22.7. The van der Waals surface area contributed by atoms with Crippen molar-refractivity contribution in [2.45, 2.75) is 26.3 Å². The zero-order chi connectivity index (χ0) is 11.4. The number of hydrogen-bond acceptors (Lipinski definition) is 3. The lowest BCUT2D eigenvalue weighted by Crippen LogP contribution is -2.46. The Labute approximate surface area is 93.8 Å². The third-order valence-electron chi connectivity index (χ3n) is 2.53. The van der Waals surface area contributed by atoms with Crippen LogP contribution in [0.4, 0.5) is 0 Å². The zero-order valence-electron chi connectivity index (χ0n) is 9.03. The SMILES string of the molecule is CC(C)[C@H](NC(=O)C1CCSC1)C(=O)O. The molecule has 1 aliphatic heterocycles. The van der Waals surface area contributed by atoms with E-state index in [2.05, 4.69) is 5.32 Å². The highest BCUT2D eigenvalue weighted by Crippen LogP contribution is 2.23. The predicted octanol–water partition coefficient (Wildman–Crippen LogP) is 0.965. The van der Waals surface area contributed by atoms with Gasteiger partial charge in [-0.05, 0) is 18.1 Å². The molecule has 1 saturated heterocycles. The van der Waals surface area contributed by atoms with Gasteiger partial charge in [0.2, 0.25) is 5.91 Å². The van der Waals surface area contributed by atoms with E-state index in [0.717, 1.165) is 17.9 Å². The fourth-order valence-electron chi connectivity index (χ4n) is 1.53. The molecule has 1 aliphatic rings. The summed E-state index contributed by atoms with van der Waals surface area (Å²) in [5.41, 5.74) is 0. The van der Waals surface area contributed by atoms with Crippen LogP contribution in [0.15, 0.2) is 0 Å². The van der Waals surface area contributed by atoms with Crippen LogP contribution in [0.2, 0.25) is 0 Å². The van der Waals surface area contributed by atoms with Crippen LogP contribution in [0, 0.1) is 11.8 Å². The Morgan fingerprint density at radius 3 is 2.53 bits per heavy atom. The largest absolute Gasteiger partial charge is 0.480 e. The molecular weight excluding hydrogens is 214 g/mol. The molecule has 1 rings (SSSR count). The van der Waals surface area contributed by atoms with Crippen LogP contribution in [0.5, 0.6) is 0 Å². The molecular formula is C10H17NO3S. The van der Waals surface area contributed by atoms with E-state index < -0.39 is 12.0 Å². The summed E-state index contributed by atoms with van der Waals surface area (Å²) in [6.07, 6.45) is 0.862. The van der Waals surface area contributed by atoms with Gasteiger partial charge in [-0.15, -0.1) is 0 Å². The third kappa shape index (κ3) is 3.41. The Bertz CT molecular complexity index is 249. The molecule has 4 nitrogen and oxygen atoms in total. The Morgan fingerprint density at radius 2 is 2.13 bits per heavy atom. The molecule has 0 radical (unpaired) electrons. The van der Waals surface area contributed by atoms with Crippen LogP contribution >= 0.6 is 11.8 Å². The summed E-state index contributed by atoms with van der Waals surface area (Å²) in [5, 5.41) is 11.5. The summed E-state index contributed by atoms with van der Waals surface area (Å²) < 4.78 is 0. The van der Waals surface area contributed by atoms with Gasteiger partial charge >= 0.3 is 5.97 Å². The second kappa shape index (κ2) is 5.39. The first kappa shape index (κ1) is 12.4. The van der Waals surface area contributed by atoms with Crippen molar-refractivity contribution in [2.24, 2.45) is 11.8 Å². The zero-order valence-corrected chi connectivity index (χ0v) is 9.84. The van der Waals surface area contributed by atoms with Crippen molar-refractivity contribution in [2.75, 3.05) is 11.5 Å². The first-order valence-corrected chi connectivity index (χ1v) is 6.28. The predicted molar refractivity (Wildman–Crippen MR) is 59.8 cm³/mol. The van der Waals surface area contributed by atoms with Crippen molar-refractivity contribution in [1.82, 2.24) is 5.32 Å². The van der Waals surface area contributed by atoms with Crippen LogP contribution in [0.3, 0.4) is 0 Å². The van der Waals surface area contributed by atoms with Crippen molar-refractivity contribution in [3.8, 4) is 0 Å². The van der Waals surface area contributed by atoms with Crippen LogP contribution in [0.1, 0.15) is 20.3 Å². The Morgan fingerprint density at radius 1 is 1.47 bits per heavy atom. The van der Waals surface area contributed by atoms with Crippen molar-refractivity contribution in [3.63, 3.8) is 0 Å². The van der Waals surface area contributed by atoms with Gasteiger partial charge in [0.05, 0.1) is 0 Å². The number of hydrogen-bond donors (Lipinski definition) is 2. The van der Waals surface area contributed by atoms with Gasteiger partial charge in [0.25, 0.3) is 0 Å². The van der Waals surface area contributed by atoms with Crippen molar-refractivity contribution in [3.05, 3.63) is 0 Å². The lowest BCUT2D eigenvalue weighted by molar-refractivity contribution is -0.143. The summed E-state index contributed by atoms with van der Waals surface area (Å²) in [5.74, 6) is 0.662. The average molecular weight is 231 g/mol. The molecule has 1 fully saturated rings. The highest BCUT2D eigenvalue weighted by molar-refractivity contribution is 7.99. The molecule has 0 bridgehead atoms. The van der Waals surface area contributed by atoms with Gasteiger partial charge in [0, 0.05) is 11.7 Å². The number of carboxylic acid groups (broad SMARTS) is 1. The minimum Gasteiger partial charge on any atom is -0.480 e. The maximum atomic E-state index is 11.7. The number of rotatable bonds is 4. The Hall–Kier alpha value is -0.710. The first-order valence-electron chi connectivity index (χ1n) is 5.13. The van der Waals surface area contributed by atoms with E-state index in [1.807, 2.05) is 0 Å². The maximum Gasteiger partial charge on any atom is 0.326 e. The molecule has 0 spiro atoms. The summed E-state index contributed by atoms with van der Waals surface area (Å²) in [7, 11) is 0. The number of carbonyl (C=O) groups excluding carboxylic acids is 1. The average Bonchev–Trinajstić information content (AvgIpc) is 2.65. The summed E-state index contributed by atoms with van der Waals surface area (Å²) >= 11 is 1.75. The van der Waals surface area contributed by atoms with E-state index in [-0.39, 0.29) is 17.7 Å². The molecule has 0 aliphatic carbocycles. The molecule has 2 atom stereocenters. The van der Waals surface area contributed by atoms with Gasteiger partial charge in [0.15, 0.2) is 0 Å². The lowest BCUT2D eigenvalue weighted by Gasteiger charge is -2.19. The van der Waals surface area contributed by atoms with Gasteiger partial charge < -0.3 is 10.4 Å². The van der Waals surface area contributed by atoms with Gasteiger partial charge in [0.1, 0.15) is 6.04 Å². The molecule has 15 heavy (non-hydrogen) atoms. The molecule has 5 heteroatoms. The standard InChI is InChI=1S/C10H17NO3S/c1-6(2)8(10(13)14)11-9(12)7-3-4-15-5-7/h6-8H,3-5H2,1-2H3,(H,11,12)(H,13,14)/t7?,8-/m0/s1. The highest BCUT2D eigenvalue weighted by Gasteiger charge is 2.29. The van der Waals surface area contributed by atoms with Crippen LogP contribution < -0.4 is 5.32 Å². The quantitative estimate of drug-likeness (QED) is 0.756. The third-order valence-corrected chi connectivity index (χ3v) is 3.69. The number of thioether (sulfide) groups is 1. The van der Waals surface area contributed by atoms with Crippen molar-refractivity contribution < 1.29 is 14.7 Å². The summed E-state index contributed by atoms with van der Waals surface area (Å²) in [4.78, 5) is 22.5. The number of aliphatic carboxylic acids is 1. The second-order valence-electron chi connectivity index (χ2n) is 4.13. The highest BCUT2D eigenvalue weighted by atomic mass is 32.2. The molecule has 86 valence electrons. The maximum absolute atomic E-state index is 11.7. The summed E-state index contributed by atoms with van der Waals surface area (Å²) in [6.45, 7) is 3.59. The molecule has 2 N–H and O–H groups in total. The topological polar surface area (TPSA) is 66.4 Å². The van der Waals surface area contributed by atoms with E-state index >= 15 is 0 Å². The molecule has 1 unspecified atom stereocenters. The van der Waals surface area contributed by atoms with Crippen LogP contribution in [-0.2, 0) is 9.59 Å². The van der Waals surface area contributed by atoms with Crippen molar-refractivity contribution in [1.29, 1.82) is 0 Å². The van der Waals surface area contributed by atoms with Crippen LogP contribution in [-0.4, -0.2) is 34.5 Å². The lowest BCUT2D eigenvalue weighted by atomic mass is 10.0. The van der Waals surface area contributed by atoms with E-state index in [9.17, 15) is 9.59 Å². The number of carbonyl (C=O) groups is 2. The Kier molecular flexibility index (Phi) is 4.45. The molecule has 1 heterocycles. The van der Waals surface area contributed by atoms with E-state index in [1.54, 1.807) is 25.6 Å². The Balaban J connectivity index is 2.50. The molecule has 1 amide bonds. The first-order chi connectivity index (χ1) is 7.02. The molecule has 0 aromatic rings. The number of amides is 1. The van der Waals surface area contributed by atoms with Gasteiger partial charge in [-0.2, -0.15) is 11.8 Å². The van der Waals surface area contributed by atoms with Crippen molar-refractivity contribution >= 4 is 23.6 Å². The van der Waals surface area contributed by atoms with Gasteiger partial charge in [-0.3, -0.25) is 4.79 Å². The fraction of sp³-hybridized carbons (Fsp3) is 0.800. The minimum absolute atomic E-state index is 0.00407. The summed E-state index contributed by atoms with van der Waals surface area (Å²) in [6, 6.07) is -0.761. The van der Waals surface area contributed by atoms with Crippen LogP contribution in [0.25, 0.3) is 0 Å². The fourth-order valence-corrected chi connectivity index (χ4v) is 2.75. The van der Waals surface area contributed by atoms with E-state index in [1.165, 1.54) is 0 Å². The number of carboxylic acids is 1. The minimum atomic E-state index is -0.955. The molecule has 0 aromatic heterocycles. The second-order valence-corrected chi connectivity index (χ2v) is 5.28. The van der Waals surface area contributed by atoms with E-state index in [0.29, 0.717) is 0 Å². The monoisotopic (exact) mass is 231 g/mol.